The number of hydrogen-bond donors (Lipinski definition) is 1. The van der Waals surface area contributed by atoms with Gasteiger partial charge in [0.25, 0.3) is 5.91 Å². The van der Waals surface area contributed by atoms with Crippen LogP contribution < -0.4 is 5.32 Å². The number of halogens is 4. The number of carbonyl (C=O) groups is 2. The number of alkyl halides is 3. The maximum absolute atomic E-state index is 12.0. The minimum absolute atomic E-state index is 0.207. The standard InChI is InChI=1S/C18H15ClF3NO3S/c19-14-5-7-15(8-6-14)27-10-12-1-3-13(4-2-12)17(25)26-9-16(24)23-11-18(20,21)22/h1-8H,9-11H2,(H,23,24). The maximum Gasteiger partial charge on any atom is 0.405 e. The van der Waals surface area contributed by atoms with Crippen molar-refractivity contribution in [3.05, 3.63) is 64.7 Å². The Morgan fingerprint density at radius 2 is 1.67 bits per heavy atom. The van der Waals surface area contributed by atoms with Crippen molar-refractivity contribution in [2.45, 2.75) is 16.8 Å². The largest absolute Gasteiger partial charge is 0.452 e. The lowest BCUT2D eigenvalue weighted by Gasteiger charge is -2.09. The molecule has 0 saturated carbocycles. The first-order valence-electron chi connectivity index (χ1n) is 7.71. The Morgan fingerprint density at radius 3 is 2.26 bits per heavy atom. The van der Waals surface area contributed by atoms with Crippen LogP contribution in [0.1, 0.15) is 15.9 Å². The minimum atomic E-state index is -4.51. The average molecular weight is 418 g/mol. The summed E-state index contributed by atoms with van der Waals surface area (Å²) in [6.45, 7) is -2.24. The summed E-state index contributed by atoms with van der Waals surface area (Å²) in [5.41, 5.74) is 1.17. The van der Waals surface area contributed by atoms with Gasteiger partial charge in [0.2, 0.25) is 0 Å². The van der Waals surface area contributed by atoms with Gasteiger partial charge in [-0.05, 0) is 42.0 Å². The molecule has 1 N–H and O–H groups in total. The minimum Gasteiger partial charge on any atom is -0.452 e. The summed E-state index contributed by atoms with van der Waals surface area (Å²) in [6.07, 6.45) is -4.51. The lowest BCUT2D eigenvalue weighted by Crippen LogP contribution is -2.36. The monoisotopic (exact) mass is 417 g/mol. The number of hydrogen-bond acceptors (Lipinski definition) is 4. The van der Waals surface area contributed by atoms with Gasteiger partial charge in [-0.25, -0.2) is 4.79 Å². The van der Waals surface area contributed by atoms with E-state index >= 15 is 0 Å². The van der Waals surface area contributed by atoms with Crippen molar-refractivity contribution in [1.29, 1.82) is 0 Å². The molecule has 0 heterocycles. The second kappa shape index (κ2) is 9.66. The molecule has 2 aromatic carbocycles. The van der Waals surface area contributed by atoms with Gasteiger partial charge in [0.15, 0.2) is 6.61 Å². The second-order valence-corrected chi connectivity index (χ2v) is 6.89. The molecule has 0 aliphatic carbocycles. The van der Waals surface area contributed by atoms with Crippen molar-refractivity contribution in [2.24, 2.45) is 0 Å². The summed E-state index contributed by atoms with van der Waals surface area (Å²) in [5, 5.41) is 2.28. The summed E-state index contributed by atoms with van der Waals surface area (Å²) in [6, 6.07) is 14.0. The molecule has 0 aliphatic rings. The molecule has 0 aromatic heterocycles. The van der Waals surface area contributed by atoms with Gasteiger partial charge in [0.05, 0.1) is 5.56 Å². The van der Waals surface area contributed by atoms with Crippen LogP contribution in [0.4, 0.5) is 13.2 Å². The number of nitrogens with one attached hydrogen (secondary N) is 1. The Kier molecular flexibility index (Phi) is 7.55. The number of ether oxygens (including phenoxy) is 1. The van der Waals surface area contributed by atoms with E-state index in [2.05, 4.69) is 0 Å². The fourth-order valence-corrected chi connectivity index (χ4v) is 2.88. The van der Waals surface area contributed by atoms with Crippen molar-refractivity contribution in [3.63, 3.8) is 0 Å². The van der Waals surface area contributed by atoms with Gasteiger partial charge in [-0.3, -0.25) is 4.79 Å². The molecule has 27 heavy (non-hydrogen) atoms. The summed E-state index contributed by atoms with van der Waals surface area (Å²) in [7, 11) is 0. The van der Waals surface area contributed by atoms with Gasteiger partial charge in [-0.1, -0.05) is 23.7 Å². The molecule has 0 unspecified atom stereocenters. The molecule has 4 nitrogen and oxygen atoms in total. The lowest BCUT2D eigenvalue weighted by atomic mass is 10.1. The van der Waals surface area contributed by atoms with Gasteiger partial charge in [0.1, 0.15) is 6.54 Å². The van der Waals surface area contributed by atoms with Crippen molar-refractivity contribution < 1.29 is 27.5 Å². The zero-order chi connectivity index (χ0) is 19.9. The highest BCUT2D eigenvalue weighted by molar-refractivity contribution is 7.98. The number of carbonyl (C=O) groups excluding carboxylic acids is 2. The SMILES string of the molecule is O=C(COC(=O)c1ccc(CSc2ccc(Cl)cc2)cc1)NCC(F)(F)F. The van der Waals surface area contributed by atoms with Crippen LogP contribution >= 0.6 is 23.4 Å². The van der Waals surface area contributed by atoms with Crippen molar-refractivity contribution in [3.8, 4) is 0 Å². The topological polar surface area (TPSA) is 55.4 Å². The zero-order valence-electron chi connectivity index (χ0n) is 13.9. The van der Waals surface area contributed by atoms with E-state index in [1.54, 1.807) is 41.3 Å². The van der Waals surface area contributed by atoms with Gasteiger partial charge < -0.3 is 10.1 Å². The third-order valence-corrected chi connectivity index (χ3v) is 4.56. The number of rotatable bonds is 7. The van der Waals surface area contributed by atoms with Gasteiger partial charge >= 0.3 is 12.1 Å². The molecule has 2 rings (SSSR count). The molecule has 0 fully saturated rings. The third-order valence-electron chi connectivity index (χ3n) is 3.23. The molecule has 0 bridgehead atoms. The first-order chi connectivity index (χ1) is 12.7. The van der Waals surface area contributed by atoms with Crippen LogP contribution in [0.3, 0.4) is 0 Å². The van der Waals surface area contributed by atoms with Crippen molar-refractivity contribution in [1.82, 2.24) is 5.32 Å². The number of benzene rings is 2. The summed E-state index contributed by atoms with van der Waals surface area (Å²) in [4.78, 5) is 24.1. The highest BCUT2D eigenvalue weighted by atomic mass is 35.5. The molecular formula is C18H15ClF3NO3S. The molecule has 9 heteroatoms. The molecule has 0 atom stereocenters. The van der Waals surface area contributed by atoms with Crippen molar-refractivity contribution in [2.75, 3.05) is 13.2 Å². The predicted molar refractivity (Wildman–Crippen MR) is 96.8 cm³/mol. The first-order valence-corrected chi connectivity index (χ1v) is 9.07. The van der Waals surface area contributed by atoms with Crippen molar-refractivity contribution >= 4 is 35.2 Å². The van der Waals surface area contributed by atoms with E-state index in [4.69, 9.17) is 16.3 Å². The Bertz CT molecular complexity index is 780. The van der Waals surface area contributed by atoms with Crippen LogP contribution in [-0.4, -0.2) is 31.2 Å². The van der Waals surface area contributed by atoms with E-state index in [1.165, 1.54) is 12.1 Å². The molecule has 0 aliphatic heterocycles. The Labute approximate surface area is 163 Å². The molecular weight excluding hydrogens is 403 g/mol. The molecule has 0 radical (unpaired) electrons. The first kappa shape index (κ1) is 21.1. The summed E-state index contributed by atoms with van der Waals surface area (Å²) >= 11 is 7.43. The van der Waals surface area contributed by atoms with E-state index in [9.17, 15) is 22.8 Å². The third kappa shape index (κ3) is 7.92. The maximum atomic E-state index is 12.0. The highest BCUT2D eigenvalue weighted by Crippen LogP contribution is 2.24. The van der Waals surface area contributed by atoms with Gasteiger partial charge in [-0.15, -0.1) is 11.8 Å². The number of thioether (sulfide) groups is 1. The van der Waals surface area contributed by atoms with Gasteiger partial charge in [0, 0.05) is 15.7 Å². The van der Waals surface area contributed by atoms with Crippen LogP contribution in [-0.2, 0) is 15.3 Å². The summed E-state index contributed by atoms with van der Waals surface area (Å²) < 4.78 is 40.6. The molecule has 2 aromatic rings. The second-order valence-electron chi connectivity index (χ2n) is 5.41. The van der Waals surface area contributed by atoms with Gasteiger partial charge in [-0.2, -0.15) is 13.2 Å². The van der Waals surface area contributed by atoms with Crippen LogP contribution in [0, 0.1) is 0 Å². The Hall–Kier alpha value is -2.19. The molecule has 0 saturated heterocycles. The highest BCUT2D eigenvalue weighted by Gasteiger charge is 2.27. The van der Waals surface area contributed by atoms with Crippen LogP contribution in [0.25, 0.3) is 0 Å². The Balaban J connectivity index is 1.79. The van der Waals surface area contributed by atoms with Crippen LogP contribution in [0.5, 0.6) is 0 Å². The van der Waals surface area contributed by atoms with Crippen LogP contribution in [0.2, 0.25) is 5.02 Å². The van der Waals surface area contributed by atoms with E-state index in [0.29, 0.717) is 10.8 Å². The fourth-order valence-electron chi connectivity index (χ4n) is 1.90. The lowest BCUT2D eigenvalue weighted by molar-refractivity contribution is -0.140. The van der Waals surface area contributed by atoms with Crippen LogP contribution in [0.15, 0.2) is 53.4 Å². The number of amides is 1. The fraction of sp³-hybridized carbons (Fsp3) is 0.222. The molecule has 1 amide bonds. The normalized spacial score (nSPS) is 11.1. The summed E-state index contributed by atoms with van der Waals surface area (Å²) in [5.74, 6) is -1.12. The molecule has 144 valence electrons. The quantitative estimate of drug-likeness (QED) is 0.533. The Morgan fingerprint density at radius 1 is 1.04 bits per heavy atom. The predicted octanol–water partition coefficient (Wildman–Crippen LogP) is 4.47. The van der Waals surface area contributed by atoms with E-state index in [-0.39, 0.29) is 5.56 Å². The average Bonchev–Trinajstić information content (AvgIpc) is 2.64. The van der Waals surface area contributed by atoms with E-state index < -0.39 is 31.2 Å². The number of esters is 1. The van der Waals surface area contributed by atoms with E-state index in [1.807, 2.05) is 12.1 Å². The van der Waals surface area contributed by atoms with E-state index in [0.717, 1.165) is 10.5 Å². The molecule has 0 spiro atoms. The zero-order valence-corrected chi connectivity index (χ0v) is 15.5. The smallest absolute Gasteiger partial charge is 0.405 e.